The Hall–Kier alpha value is -2.60. The van der Waals surface area contributed by atoms with E-state index in [1.165, 1.54) is 6.92 Å². The lowest BCUT2D eigenvalue weighted by atomic mass is 10.0. The lowest BCUT2D eigenvalue weighted by Crippen LogP contribution is -2.27. The number of aromatic nitrogens is 1. The lowest BCUT2D eigenvalue weighted by molar-refractivity contribution is -0.151. The normalized spacial score (nSPS) is 12.7. The summed E-state index contributed by atoms with van der Waals surface area (Å²) >= 11 is 0. The van der Waals surface area contributed by atoms with Crippen LogP contribution in [-0.2, 0) is 15.1 Å². The zero-order chi connectivity index (χ0) is 14.4. The number of benzene rings is 1. The summed E-state index contributed by atoms with van der Waals surface area (Å²) in [6, 6.07) is 15.0. The van der Waals surface area contributed by atoms with E-state index in [4.69, 9.17) is 4.74 Å². The molecule has 0 radical (unpaired) electrons. The number of pyridine rings is 1. The molecular formula is C17H15NO2. The van der Waals surface area contributed by atoms with Gasteiger partial charge in [0.05, 0.1) is 5.69 Å². The molecule has 0 fully saturated rings. The molecular weight excluding hydrogens is 250 g/mol. The van der Waals surface area contributed by atoms with Crippen molar-refractivity contribution >= 4 is 5.97 Å². The minimum Gasteiger partial charge on any atom is -0.440 e. The van der Waals surface area contributed by atoms with Crippen LogP contribution in [0.3, 0.4) is 0 Å². The fourth-order valence-electron chi connectivity index (χ4n) is 1.79. The number of rotatable bonds is 2. The van der Waals surface area contributed by atoms with Crippen molar-refractivity contribution in [1.82, 2.24) is 4.98 Å². The van der Waals surface area contributed by atoms with Gasteiger partial charge in [-0.2, -0.15) is 0 Å². The van der Waals surface area contributed by atoms with Gasteiger partial charge in [0, 0.05) is 18.7 Å². The van der Waals surface area contributed by atoms with E-state index in [2.05, 4.69) is 16.8 Å². The molecule has 0 spiro atoms. The van der Waals surface area contributed by atoms with Gasteiger partial charge in [0.25, 0.3) is 0 Å². The molecule has 0 amide bonds. The topological polar surface area (TPSA) is 39.2 Å². The third-order valence-corrected chi connectivity index (χ3v) is 2.72. The van der Waals surface area contributed by atoms with Gasteiger partial charge in [-0.15, -0.1) is 0 Å². The number of carbonyl (C=O) groups is 1. The molecule has 0 saturated carbocycles. The Morgan fingerprint density at radius 1 is 1.15 bits per heavy atom. The van der Waals surface area contributed by atoms with Gasteiger partial charge in [0.2, 0.25) is 5.60 Å². The maximum atomic E-state index is 11.3. The summed E-state index contributed by atoms with van der Waals surface area (Å²) in [5.74, 6) is 5.64. The fourth-order valence-corrected chi connectivity index (χ4v) is 1.79. The Bertz CT molecular complexity index is 641. The monoisotopic (exact) mass is 265 g/mol. The number of hydrogen-bond donors (Lipinski definition) is 0. The lowest BCUT2D eigenvalue weighted by Gasteiger charge is -2.22. The van der Waals surface area contributed by atoms with E-state index in [-0.39, 0.29) is 5.97 Å². The minimum atomic E-state index is -1.05. The van der Waals surface area contributed by atoms with Gasteiger partial charge in [-0.3, -0.25) is 9.78 Å². The Balaban J connectivity index is 2.39. The van der Waals surface area contributed by atoms with Gasteiger partial charge in [0.1, 0.15) is 0 Å². The van der Waals surface area contributed by atoms with E-state index < -0.39 is 5.60 Å². The highest BCUT2D eigenvalue weighted by molar-refractivity contribution is 5.67. The molecule has 3 nitrogen and oxygen atoms in total. The van der Waals surface area contributed by atoms with Crippen LogP contribution in [-0.4, -0.2) is 11.0 Å². The quantitative estimate of drug-likeness (QED) is 0.619. The predicted molar refractivity (Wildman–Crippen MR) is 76.7 cm³/mol. The number of carbonyl (C=O) groups excluding carboxylic acids is 1. The second-order valence-corrected chi connectivity index (χ2v) is 4.46. The molecule has 1 heterocycles. The molecule has 0 aliphatic heterocycles. The van der Waals surface area contributed by atoms with Gasteiger partial charge in [-0.1, -0.05) is 30.2 Å². The highest BCUT2D eigenvalue weighted by Gasteiger charge is 2.29. The molecule has 0 aliphatic rings. The zero-order valence-corrected chi connectivity index (χ0v) is 11.5. The average molecular weight is 265 g/mol. The van der Waals surface area contributed by atoms with Crippen molar-refractivity contribution in [1.29, 1.82) is 0 Å². The van der Waals surface area contributed by atoms with Crippen molar-refractivity contribution in [3.8, 4) is 11.8 Å². The van der Waals surface area contributed by atoms with Crippen molar-refractivity contribution in [2.24, 2.45) is 0 Å². The van der Waals surface area contributed by atoms with Crippen LogP contribution < -0.4 is 0 Å². The average Bonchev–Trinajstić information content (AvgIpc) is 2.47. The highest BCUT2D eigenvalue weighted by Crippen LogP contribution is 2.22. The largest absolute Gasteiger partial charge is 0.440 e. The number of ether oxygens (including phenoxy) is 1. The van der Waals surface area contributed by atoms with Crippen LogP contribution in [0.25, 0.3) is 0 Å². The first-order valence-electron chi connectivity index (χ1n) is 6.29. The van der Waals surface area contributed by atoms with Crippen LogP contribution in [0.1, 0.15) is 25.1 Å². The van der Waals surface area contributed by atoms with Crippen molar-refractivity contribution in [2.45, 2.75) is 19.4 Å². The van der Waals surface area contributed by atoms with Crippen LogP contribution in [0.4, 0.5) is 0 Å². The third kappa shape index (κ3) is 3.46. The summed E-state index contributed by atoms with van der Waals surface area (Å²) in [5, 5.41) is 0. The van der Waals surface area contributed by atoms with Crippen molar-refractivity contribution < 1.29 is 9.53 Å². The molecule has 2 aromatic rings. The second kappa shape index (κ2) is 6.03. The third-order valence-electron chi connectivity index (χ3n) is 2.72. The molecule has 0 saturated heterocycles. The number of nitrogens with zero attached hydrogens (tertiary/aromatic N) is 1. The fraction of sp³-hybridized carbons (Fsp3) is 0.176. The minimum absolute atomic E-state index is 0.388. The molecule has 0 aliphatic carbocycles. The Morgan fingerprint density at radius 2 is 1.85 bits per heavy atom. The summed E-state index contributed by atoms with van der Waals surface area (Å²) < 4.78 is 5.37. The summed E-state index contributed by atoms with van der Waals surface area (Å²) in [4.78, 5) is 15.6. The molecule has 1 aromatic heterocycles. The number of hydrogen-bond acceptors (Lipinski definition) is 3. The predicted octanol–water partition coefficient (Wildman–Crippen LogP) is 2.91. The van der Waals surface area contributed by atoms with E-state index in [9.17, 15) is 4.79 Å². The molecule has 0 bridgehead atoms. The molecule has 1 atom stereocenters. The van der Waals surface area contributed by atoms with Crippen LogP contribution in [0.5, 0.6) is 0 Å². The molecule has 1 aromatic carbocycles. The van der Waals surface area contributed by atoms with E-state index in [1.807, 2.05) is 42.5 Å². The summed E-state index contributed by atoms with van der Waals surface area (Å²) in [7, 11) is 0. The van der Waals surface area contributed by atoms with Crippen LogP contribution in [0.2, 0.25) is 0 Å². The van der Waals surface area contributed by atoms with Gasteiger partial charge in [-0.05, 0) is 37.1 Å². The summed E-state index contributed by atoms with van der Waals surface area (Å²) in [6.45, 7) is 3.11. The standard InChI is InChI=1S/C17H15NO2/c1-14(19)20-17(2,16-10-6-7-13-18-16)12-11-15-8-4-3-5-9-15/h3-10,13H,1-2H3. The Kier molecular flexibility index (Phi) is 4.17. The van der Waals surface area contributed by atoms with E-state index in [1.54, 1.807) is 19.2 Å². The number of esters is 1. The van der Waals surface area contributed by atoms with Gasteiger partial charge < -0.3 is 4.74 Å². The molecule has 2 rings (SSSR count). The Morgan fingerprint density at radius 3 is 2.45 bits per heavy atom. The summed E-state index contributed by atoms with van der Waals surface area (Å²) in [6.07, 6.45) is 1.65. The highest BCUT2D eigenvalue weighted by atomic mass is 16.6. The van der Waals surface area contributed by atoms with Crippen molar-refractivity contribution in [3.05, 3.63) is 66.0 Å². The maximum absolute atomic E-state index is 11.3. The van der Waals surface area contributed by atoms with E-state index in [0.717, 1.165) is 5.56 Å². The van der Waals surface area contributed by atoms with Crippen molar-refractivity contribution in [2.75, 3.05) is 0 Å². The first-order valence-corrected chi connectivity index (χ1v) is 6.29. The van der Waals surface area contributed by atoms with Crippen LogP contribution in [0, 0.1) is 11.8 Å². The molecule has 100 valence electrons. The van der Waals surface area contributed by atoms with Crippen LogP contribution in [0.15, 0.2) is 54.7 Å². The smallest absolute Gasteiger partial charge is 0.304 e. The molecule has 1 unspecified atom stereocenters. The zero-order valence-electron chi connectivity index (χ0n) is 11.5. The second-order valence-electron chi connectivity index (χ2n) is 4.46. The van der Waals surface area contributed by atoms with E-state index >= 15 is 0 Å². The van der Waals surface area contributed by atoms with Gasteiger partial charge >= 0.3 is 5.97 Å². The molecule has 20 heavy (non-hydrogen) atoms. The van der Waals surface area contributed by atoms with E-state index in [0.29, 0.717) is 5.69 Å². The maximum Gasteiger partial charge on any atom is 0.304 e. The van der Waals surface area contributed by atoms with Gasteiger partial charge in [-0.25, -0.2) is 0 Å². The van der Waals surface area contributed by atoms with Gasteiger partial charge in [0.15, 0.2) is 0 Å². The molecule has 3 heteroatoms. The first-order chi connectivity index (χ1) is 9.60. The van der Waals surface area contributed by atoms with Crippen LogP contribution >= 0.6 is 0 Å². The van der Waals surface area contributed by atoms with Crippen molar-refractivity contribution in [3.63, 3.8) is 0 Å². The first kappa shape index (κ1) is 13.8. The SMILES string of the molecule is CC(=O)OC(C)(C#Cc1ccccc1)c1ccccn1. The Labute approximate surface area is 118 Å². The summed E-state index contributed by atoms with van der Waals surface area (Å²) in [5.41, 5.74) is 0.420. The molecule has 0 N–H and O–H groups in total.